The number of hydrogen-bond acceptors (Lipinski definition) is 5. The van der Waals surface area contributed by atoms with Gasteiger partial charge in [0.1, 0.15) is 5.76 Å². The van der Waals surface area contributed by atoms with Crippen molar-refractivity contribution in [2.45, 2.75) is 45.7 Å². The largest absolute Gasteiger partial charge is 0.444 e. The quantitative estimate of drug-likeness (QED) is 0.522. The van der Waals surface area contributed by atoms with E-state index >= 15 is 0 Å². The van der Waals surface area contributed by atoms with Gasteiger partial charge >= 0.3 is 0 Å². The van der Waals surface area contributed by atoms with Crippen LogP contribution in [0.25, 0.3) is 0 Å². The van der Waals surface area contributed by atoms with Crippen LogP contribution in [-0.4, -0.2) is 56.7 Å². The van der Waals surface area contributed by atoms with E-state index in [0.717, 1.165) is 53.3 Å². The molecule has 32 heavy (non-hydrogen) atoms. The summed E-state index contributed by atoms with van der Waals surface area (Å²) in [5.41, 5.74) is 1.80. The van der Waals surface area contributed by atoms with E-state index in [4.69, 9.17) is 4.42 Å². The maximum absolute atomic E-state index is 13.1. The molecule has 1 fully saturated rings. The lowest BCUT2D eigenvalue weighted by atomic mass is 9.94. The molecule has 7 nitrogen and oxygen atoms in total. The minimum absolute atomic E-state index is 0.0436. The number of nitrogens with zero attached hydrogens (tertiary/aromatic N) is 5. The van der Waals surface area contributed by atoms with Gasteiger partial charge in [-0.2, -0.15) is 5.10 Å². The van der Waals surface area contributed by atoms with E-state index in [0.29, 0.717) is 19.6 Å². The fraction of sp³-hybridized carbons (Fsp3) is 0.458. The molecule has 0 bridgehead atoms. The van der Waals surface area contributed by atoms with Crippen molar-refractivity contribution in [1.82, 2.24) is 24.6 Å². The van der Waals surface area contributed by atoms with Gasteiger partial charge in [0.25, 0.3) is 5.91 Å². The maximum Gasteiger partial charge on any atom is 0.253 e. The average molecular weight is 500 g/mol. The summed E-state index contributed by atoms with van der Waals surface area (Å²) in [7, 11) is 0. The van der Waals surface area contributed by atoms with E-state index < -0.39 is 0 Å². The zero-order valence-corrected chi connectivity index (χ0v) is 20.5. The highest BCUT2D eigenvalue weighted by Gasteiger charge is 2.23. The van der Waals surface area contributed by atoms with Crippen molar-refractivity contribution in [1.29, 1.82) is 0 Å². The number of aromatic nitrogens is 3. The first-order valence-electron chi connectivity index (χ1n) is 11.0. The van der Waals surface area contributed by atoms with Crippen LogP contribution in [-0.2, 0) is 18.5 Å². The summed E-state index contributed by atoms with van der Waals surface area (Å²) in [6.45, 7) is 10.9. The third kappa shape index (κ3) is 5.66. The van der Waals surface area contributed by atoms with Crippen LogP contribution in [0, 0.1) is 0 Å². The van der Waals surface area contributed by atoms with E-state index in [-0.39, 0.29) is 11.3 Å². The van der Waals surface area contributed by atoms with Gasteiger partial charge in [0.05, 0.1) is 30.0 Å². The first-order valence-corrected chi connectivity index (χ1v) is 11.8. The standard InChI is InChI=1S/C24H30BrN5O2/c1-24(2,3)21-14-26-22(32-21)17-28-9-4-10-29(12-11-28)23(31)19-7-5-18(6-8-19)15-30-16-20(25)13-27-30/h5-8,13-14,16H,4,9-12,15,17H2,1-3H3. The zero-order valence-electron chi connectivity index (χ0n) is 18.9. The van der Waals surface area contributed by atoms with Crippen molar-refractivity contribution in [2.24, 2.45) is 0 Å². The van der Waals surface area contributed by atoms with Gasteiger partial charge in [-0.05, 0) is 40.0 Å². The molecule has 3 aromatic rings. The van der Waals surface area contributed by atoms with Gasteiger partial charge in [0.2, 0.25) is 5.89 Å². The summed E-state index contributed by atoms with van der Waals surface area (Å²) < 4.78 is 8.77. The maximum atomic E-state index is 13.1. The van der Waals surface area contributed by atoms with Gasteiger partial charge in [0.15, 0.2) is 0 Å². The predicted molar refractivity (Wildman–Crippen MR) is 126 cm³/mol. The zero-order chi connectivity index (χ0) is 22.7. The van der Waals surface area contributed by atoms with E-state index in [1.165, 1.54) is 0 Å². The molecule has 2 aromatic heterocycles. The lowest BCUT2D eigenvalue weighted by molar-refractivity contribution is 0.0760. The molecule has 0 N–H and O–H groups in total. The minimum Gasteiger partial charge on any atom is -0.444 e. The lowest BCUT2D eigenvalue weighted by Gasteiger charge is -2.21. The number of carbonyl (C=O) groups is 1. The Morgan fingerprint density at radius 1 is 1.06 bits per heavy atom. The van der Waals surface area contributed by atoms with Crippen LogP contribution in [0.3, 0.4) is 0 Å². The van der Waals surface area contributed by atoms with Crippen molar-refractivity contribution >= 4 is 21.8 Å². The number of carbonyl (C=O) groups excluding carboxylic acids is 1. The highest BCUT2D eigenvalue weighted by atomic mass is 79.9. The van der Waals surface area contributed by atoms with E-state index in [2.05, 4.69) is 51.7 Å². The molecule has 0 radical (unpaired) electrons. The number of oxazole rings is 1. The van der Waals surface area contributed by atoms with Crippen molar-refractivity contribution < 1.29 is 9.21 Å². The molecule has 1 saturated heterocycles. The fourth-order valence-corrected chi connectivity index (χ4v) is 4.13. The molecule has 3 heterocycles. The van der Waals surface area contributed by atoms with Crippen molar-refractivity contribution in [3.63, 3.8) is 0 Å². The Bertz CT molecular complexity index is 1050. The molecule has 1 aromatic carbocycles. The van der Waals surface area contributed by atoms with Crippen LogP contribution >= 0.6 is 15.9 Å². The summed E-state index contributed by atoms with van der Waals surface area (Å²) in [6, 6.07) is 7.84. The summed E-state index contributed by atoms with van der Waals surface area (Å²) in [6.07, 6.45) is 6.47. The number of amides is 1. The molecular formula is C24H30BrN5O2. The Balaban J connectivity index is 1.32. The first kappa shape index (κ1) is 22.7. The molecule has 1 aliphatic heterocycles. The predicted octanol–water partition coefficient (Wildman–Crippen LogP) is 4.33. The molecular weight excluding hydrogens is 470 g/mol. The summed E-state index contributed by atoms with van der Waals surface area (Å²) >= 11 is 3.41. The van der Waals surface area contributed by atoms with Gasteiger partial charge < -0.3 is 9.32 Å². The average Bonchev–Trinajstić information content (AvgIpc) is 3.32. The smallest absolute Gasteiger partial charge is 0.253 e. The Hall–Kier alpha value is -2.45. The third-order valence-corrected chi connectivity index (χ3v) is 6.08. The summed E-state index contributed by atoms with van der Waals surface area (Å²) in [5.74, 6) is 1.74. The molecule has 0 unspecified atom stereocenters. The van der Waals surface area contributed by atoms with E-state index in [9.17, 15) is 4.79 Å². The van der Waals surface area contributed by atoms with Crippen molar-refractivity contribution in [3.05, 3.63) is 70.1 Å². The molecule has 0 saturated carbocycles. The molecule has 0 atom stereocenters. The Morgan fingerprint density at radius 3 is 2.50 bits per heavy atom. The molecule has 1 aliphatic rings. The van der Waals surface area contributed by atoms with Crippen LogP contribution in [0.5, 0.6) is 0 Å². The second-order valence-corrected chi connectivity index (χ2v) is 10.3. The van der Waals surface area contributed by atoms with Crippen molar-refractivity contribution in [2.75, 3.05) is 26.2 Å². The second-order valence-electron chi connectivity index (χ2n) is 9.34. The van der Waals surface area contributed by atoms with E-state index in [1.807, 2.05) is 46.2 Å². The first-order chi connectivity index (χ1) is 15.3. The highest BCUT2D eigenvalue weighted by molar-refractivity contribution is 9.10. The van der Waals surface area contributed by atoms with Crippen LogP contribution in [0.1, 0.15) is 54.8 Å². The lowest BCUT2D eigenvalue weighted by Crippen LogP contribution is -2.35. The molecule has 0 spiro atoms. The third-order valence-electron chi connectivity index (χ3n) is 5.67. The Morgan fingerprint density at radius 2 is 1.84 bits per heavy atom. The molecule has 1 amide bonds. The summed E-state index contributed by atoms with van der Waals surface area (Å²) in [4.78, 5) is 21.8. The van der Waals surface area contributed by atoms with Crippen LogP contribution in [0.15, 0.2) is 51.7 Å². The van der Waals surface area contributed by atoms with Gasteiger partial charge in [-0.1, -0.05) is 32.9 Å². The van der Waals surface area contributed by atoms with Gasteiger partial charge in [-0.25, -0.2) is 4.98 Å². The molecule has 170 valence electrons. The van der Waals surface area contributed by atoms with E-state index in [1.54, 1.807) is 6.20 Å². The number of halogens is 1. The van der Waals surface area contributed by atoms with Crippen LogP contribution < -0.4 is 0 Å². The van der Waals surface area contributed by atoms with Crippen molar-refractivity contribution in [3.8, 4) is 0 Å². The van der Waals surface area contributed by atoms with Crippen LogP contribution in [0.2, 0.25) is 0 Å². The number of rotatable bonds is 5. The fourth-order valence-electron chi connectivity index (χ4n) is 3.80. The number of hydrogen-bond donors (Lipinski definition) is 0. The number of benzene rings is 1. The Kier molecular flexibility index (Phi) is 6.81. The topological polar surface area (TPSA) is 67.4 Å². The second kappa shape index (κ2) is 9.58. The monoisotopic (exact) mass is 499 g/mol. The minimum atomic E-state index is -0.0436. The highest BCUT2D eigenvalue weighted by Crippen LogP contribution is 2.23. The van der Waals surface area contributed by atoms with Gasteiger partial charge in [0, 0.05) is 43.4 Å². The molecule has 0 aliphatic carbocycles. The summed E-state index contributed by atoms with van der Waals surface area (Å²) in [5, 5.41) is 4.28. The Labute approximate surface area is 197 Å². The normalized spacial score (nSPS) is 15.7. The molecule has 8 heteroatoms. The SMILES string of the molecule is CC(C)(C)c1cnc(CN2CCCN(C(=O)c3ccc(Cn4cc(Br)cn4)cc3)CC2)o1. The van der Waals surface area contributed by atoms with Gasteiger partial charge in [-0.15, -0.1) is 0 Å². The van der Waals surface area contributed by atoms with Gasteiger partial charge in [-0.3, -0.25) is 14.4 Å². The molecule has 4 rings (SSSR count). The van der Waals surface area contributed by atoms with Crippen LogP contribution in [0.4, 0.5) is 0 Å².